The van der Waals surface area contributed by atoms with Crippen molar-refractivity contribution in [1.82, 2.24) is 25.4 Å². The average molecular weight is 348 g/mol. The Morgan fingerprint density at radius 2 is 2.28 bits per heavy atom. The molecule has 2 heterocycles. The van der Waals surface area contributed by atoms with Crippen LogP contribution in [0.15, 0.2) is 29.5 Å². The molecule has 0 spiro atoms. The van der Waals surface area contributed by atoms with Crippen LogP contribution in [0.4, 0.5) is 8.78 Å². The minimum absolute atomic E-state index is 0.206. The summed E-state index contributed by atoms with van der Waals surface area (Å²) in [5, 5.41) is 10.8. The zero-order chi connectivity index (χ0) is 17.6. The van der Waals surface area contributed by atoms with Crippen molar-refractivity contribution in [3.05, 3.63) is 47.5 Å². The molecule has 1 aromatic heterocycles. The summed E-state index contributed by atoms with van der Waals surface area (Å²) in [6.07, 6.45) is 3.73. The molecule has 1 unspecified atom stereocenters. The highest BCUT2D eigenvalue weighted by molar-refractivity contribution is 5.80. The van der Waals surface area contributed by atoms with Crippen LogP contribution in [-0.4, -0.2) is 39.9 Å². The number of hydrogen-bond acceptors (Lipinski definition) is 3. The molecule has 6 nitrogen and oxygen atoms in total. The highest BCUT2D eigenvalue weighted by Gasteiger charge is 2.20. The third kappa shape index (κ3) is 4.52. The molecule has 1 aliphatic heterocycles. The molecule has 25 heavy (non-hydrogen) atoms. The molecule has 1 aliphatic rings. The smallest absolute Gasteiger partial charge is 0.191 e. The van der Waals surface area contributed by atoms with Crippen LogP contribution in [0.2, 0.25) is 0 Å². The van der Waals surface area contributed by atoms with Crippen LogP contribution in [0.5, 0.6) is 0 Å². The lowest BCUT2D eigenvalue weighted by atomic mass is 10.1. The van der Waals surface area contributed by atoms with Crippen molar-refractivity contribution in [1.29, 1.82) is 0 Å². The highest BCUT2D eigenvalue weighted by Crippen LogP contribution is 2.12. The number of aliphatic imine (C=N–C) groups is 1. The Morgan fingerprint density at radius 1 is 1.40 bits per heavy atom. The van der Waals surface area contributed by atoms with Crippen molar-refractivity contribution in [2.45, 2.75) is 38.8 Å². The van der Waals surface area contributed by atoms with E-state index in [0.717, 1.165) is 43.9 Å². The maximum absolute atomic E-state index is 13.7. The quantitative estimate of drug-likeness (QED) is 0.637. The lowest BCUT2D eigenvalue weighted by Gasteiger charge is -2.25. The molecule has 0 aliphatic carbocycles. The van der Waals surface area contributed by atoms with Gasteiger partial charge in [-0.25, -0.2) is 18.4 Å². The van der Waals surface area contributed by atoms with E-state index in [-0.39, 0.29) is 6.04 Å². The lowest BCUT2D eigenvalue weighted by molar-refractivity contribution is 0.393. The van der Waals surface area contributed by atoms with Crippen molar-refractivity contribution < 1.29 is 8.78 Å². The molecule has 2 N–H and O–H groups in total. The second kappa shape index (κ2) is 8.04. The minimum atomic E-state index is -0.434. The van der Waals surface area contributed by atoms with Crippen LogP contribution in [-0.2, 0) is 19.4 Å². The normalized spacial score (nSPS) is 17.2. The van der Waals surface area contributed by atoms with Gasteiger partial charge in [0, 0.05) is 25.6 Å². The molecular weight excluding hydrogens is 326 g/mol. The molecule has 3 rings (SSSR count). The summed E-state index contributed by atoms with van der Waals surface area (Å²) < 4.78 is 28.8. The molecule has 8 heteroatoms. The van der Waals surface area contributed by atoms with Crippen LogP contribution < -0.4 is 10.6 Å². The molecule has 1 atom stereocenters. The number of halogens is 2. The van der Waals surface area contributed by atoms with E-state index >= 15 is 0 Å². The van der Waals surface area contributed by atoms with E-state index in [1.54, 1.807) is 6.33 Å². The molecule has 0 saturated heterocycles. The van der Waals surface area contributed by atoms with Crippen LogP contribution in [0.1, 0.15) is 24.7 Å². The first-order valence-electron chi connectivity index (χ1n) is 8.51. The molecule has 0 saturated carbocycles. The lowest BCUT2D eigenvalue weighted by Crippen LogP contribution is -2.47. The number of aromatic nitrogens is 3. The Morgan fingerprint density at radius 3 is 3.12 bits per heavy atom. The van der Waals surface area contributed by atoms with Gasteiger partial charge in [0.15, 0.2) is 5.96 Å². The summed E-state index contributed by atoms with van der Waals surface area (Å²) in [6, 6.07) is 3.70. The van der Waals surface area contributed by atoms with Crippen LogP contribution >= 0.6 is 0 Å². The van der Waals surface area contributed by atoms with Gasteiger partial charge < -0.3 is 10.6 Å². The van der Waals surface area contributed by atoms with E-state index < -0.39 is 11.6 Å². The number of guanidine groups is 1. The summed E-state index contributed by atoms with van der Waals surface area (Å²) in [5.41, 5.74) is 0.338. The largest absolute Gasteiger partial charge is 0.357 e. The van der Waals surface area contributed by atoms with Gasteiger partial charge in [-0.2, -0.15) is 5.10 Å². The van der Waals surface area contributed by atoms with Crippen molar-refractivity contribution >= 4 is 5.96 Å². The topological polar surface area (TPSA) is 67.1 Å². The Balaban J connectivity index is 1.59. The first-order valence-corrected chi connectivity index (χ1v) is 8.51. The van der Waals surface area contributed by atoms with E-state index in [1.807, 2.05) is 11.6 Å². The highest BCUT2D eigenvalue weighted by atomic mass is 19.1. The van der Waals surface area contributed by atoms with E-state index in [2.05, 4.69) is 25.7 Å². The zero-order valence-electron chi connectivity index (χ0n) is 14.2. The summed E-state index contributed by atoms with van der Waals surface area (Å²) in [6.45, 7) is 3.82. The van der Waals surface area contributed by atoms with E-state index in [1.165, 1.54) is 6.07 Å². The van der Waals surface area contributed by atoms with Crippen molar-refractivity contribution in [2.24, 2.45) is 4.99 Å². The first kappa shape index (κ1) is 17.3. The molecule has 134 valence electrons. The van der Waals surface area contributed by atoms with Gasteiger partial charge in [0.2, 0.25) is 0 Å². The SMILES string of the molecule is CCNC(=NCCc1cc(F)ccc1F)NC1CCc2ncnn2C1. The van der Waals surface area contributed by atoms with Crippen molar-refractivity contribution in [3.63, 3.8) is 0 Å². The number of fused-ring (bicyclic) bond motifs is 1. The summed E-state index contributed by atoms with van der Waals surface area (Å²) in [7, 11) is 0. The van der Waals surface area contributed by atoms with Gasteiger partial charge >= 0.3 is 0 Å². The predicted molar refractivity (Wildman–Crippen MR) is 91.3 cm³/mol. The number of benzene rings is 1. The van der Waals surface area contributed by atoms with Crippen LogP contribution in [0.25, 0.3) is 0 Å². The number of aryl methyl sites for hydroxylation is 1. The average Bonchev–Trinajstić information content (AvgIpc) is 3.06. The predicted octanol–water partition coefficient (Wildman–Crippen LogP) is 1.67. The second-order valence-corrected chi connectivity index (χ2v) is 5.98. The Labute approximate surface area is 145 Å². The van der Waals surface area contributed by atoms with Gasteiger partial charge in [0.05, 0.1) is 6.54 Å². The Hall–Kier alpha value is -2.51. The third-order valence-electron chi connectivity index (χ3n) is 4.15. The van der Waals surface area contributed by atoms with Gasteiger partial charge in [-0.3, -0.25) is 4.99 Å². The van der Waals surface area contributed by atoms with Gasteiger partial charge in [0.25, 0.3) is 0 Å². The zero-order valence-corrected chi connectivity index (χ0v) is 14.2. The summed E-state index contributed by atoms with van der Waals surface area (Å²) >= 11 is 0. The number of nitrogens with zero attached hydrogens (tertiary/aromatic N) is 4. The fourth-order valence-corrected chi connectivity index (χ4v) is 2.89. The molecule has 0 radical (unpaired) electrons. The number of nitrogens with one attached hydrogen (secondary N) is 2. The number of hydrogen-bond donors (Lipinski definition) is 2. The minimum Gasteiger partial charge on any atom is -0.357 e. The van der Waals surface area contributed by atoms with Crippen molar-refractivity contribution in [2.75, 3.05) is 13.1 Å². The second-order valence-electron chi connectivity index (χ2n) is 5.98. The van der Waals surface area contributed by atoms with Crippen molar-refractivity contribution in [3.8, 4) is 0 Å². The molecule has 1 aromatic carbocycles. The summed E-state index contributed by atoms with van der Waals surface area (Å²) in [4.78, 5) is 8.69. The third-order valence-corrected chi connectivity index (χ3v) is 4.15. The molecule has 0 amide bonds. The van der Waals surface area contributed by atoms with E-state index in [0.29, 0.717) is 24.5 Å². The van der Waals surface area contributed by atoms with Gasteiger partial charge in [-0.1, -0.05) is 0 Å². The molecule has 0 bridgehead atoms. The monoisotopic (exact) mass is 348 g/mol. The standard InChI is InChI=1S/C17H22F2N6/c1-2-20-17(21-8-7-12-9-13(18)3-5-15(12)19)24-14-4-6-16-22-11-23-25(16)10-14/h3,5,9,11,14H,2,4,6-8,10H2,1H3,(H2,20,21,24). The van der Waals surface area contributed by atoms with E-state index in [9.17, 15) is 8.78 Å². The van der Waals surface area contributed by atoms with Gasteiger partial charge in [-0.15, -0.1) is 0 Å². The maximum Gasteiger partial charge on any atom is 0.191 e. The number of rotatable bonds is 5. The van der Waals surface area contributed by atoms with Crippen LogP contribution in [0, 0.1) is 11.6 Å². The maximum atomic E-state index is 13.7. The Bertz CT molecular complexity index is 742. The van der Waals surface area contributed by atoms with Crippen LogP contribution in [0.3, 0.4) is 0 Å². The fourth-order valence-electron chi connectivity index (χ4n) is 2.89. The molecule has 0 fully saturated rings. The Kier molecular flexibility index (Phi) is 5.57. The molecule has 2 aromatic rings. The molecular formula is C17H22F2N6. The van der Waals surface area contributed by atoms with E-state index in [4.69, 9.17) is 0 Å². The first-order chi connectivity index (χ1) is 12.2. The summed E-state index contributed by atoms with van der Waals surface area (Å²) in [5.74, 6) is 0.839. The van der Waals surface area contributed by atoms with Gasteiger partial charge in [-0.05, 0) is 43.5 Å². The fraction of sp³-hybridized carbons (Fsp3) is 0.471. The van der Waals surface area contributed by atoms with Gasteiger partial charge in [0.1, 0.15) is 23.8 Å².